The van der Waals surface area contributed by atoms with Gasteiger partial charge in [-0.25, -0.2) is 9.78 Å². The van der Waals surface area contributed by atoms with Crippen molar-refractivity contribution >= 4 is 33.6 Å². The summed E-state index contributed by atoms with van der Waals surface area (Å²) in [6, 6.07) is 11.8. The lowest BCUT2D eigenvalue weighted by Crippen LogP contribution is -2.13. The van der Waals surface area contributed by atoms with Gasteiger partial charge >= 0.3 is 5.97 Å². The van der Waals surface area contributed by atoms with Crippen LogP contribution in [0.15, 0.2) is 35.9 Å². The summed E-state index contributed by atoms with van der Waals surface area (Å²) >= 11 is 1.47. The van der Waals surface area contributed by atoms with E-state index >= 15 is 0 Å². The number of fused-ring (bicyclic) bond motifs is 1. The van der Waals surface area contributed by atoms with Crippen molar-refractivity contribution in [2.45, 2.75) is 33.4 Å². The predicted octanol–water partition coefficient (Wildman–Crippen LogP) is 4.57. The number of rotatable bonds is 7. The van der Waals surface area contributed by atoms with Crippen LogP contribution in [-0.4, -0.2) is 29.2 Å². The Morgan fingerprint density at radius 2 is 2.14 bits per heavy atom. The minimum atomic E-state index is -0.651. The molecule has 6 nitrogen and oxygen atoms in total. The first-order valence-electron chi connectivity index (χ1n) is 9.25. The lowest BCUT2D eigenvalue weighted by Gasteiger charge is -2.17. The molecule has 0 amide bonds. The van der Waals surface area contributed by atoms with Gasteiger partial charge < -0.3 is 14.0 Å². The third kappa shape index (κ3) is 4.56. The van der Waals surface area contributed by atoms with Gasteiger partial charge in [-0.3, -0.25) is 0 Å². The molecular weight excluding hydrogens is 386 g/mol. The molecule has 0 unspecified atom stereocenters. The van der Waals surface area contributed by atoms with Crippen molar-refractivity contribution < 1.29 is 14.3 Å². The maximum absolute atomic E-state index is 12.4. The monoisotopic (exact) mass is 409 g/mol. The molecule has 1 aromatic carbocycles. The molecule has 0 aliphatic rings. The summed E-state index contributed by atoms with van der Waals surface area (Å²) in [5.41, 5.74) is 3.67. The Bertz CT molecular complexity index is 1070. The summed E-state index contributed by atoms with van der Waals surface area (Å²) < 4.78 is 13.8. The second-order valence-corrected chi connectivity index (χ2v) is 7.94. The third-order valence-electron chi connectivity index (χ3n) is 4.68. The first kappa shape index (κ1) is 20.8. The van der Waals surface area contributed by atoms with Crippen LogP contribution in [0.2, 0.25) is 0 Å². The topological polar surface area (TPSA) is 77.1 Å². The highest BCUT2D eigenvalue weighted by molar-refractivity contribution is 7.18. The largest absolute Gasteiger partial charge is 0.454 e. The SMILES string of the molecule is COC[C@@H](C)n1c(C)cc(/C=C(\C#N)C(=O)OCc2nc3ccccc3s2)c1C. The molecule has 0 radical (unpaired) electrons. The van der Waals surface area contributed by atoms with Gasteiger partial charge in [-0.1, -0.05) is 12.1 Å². The fourth-order valence-corrected chi connectivity index (χ4v) is 4.30. The van der Waals surface area contributed by atoms with E-state index in [4.69, 9.17) is 9.47 Å². The van der Waals surface area contributed by atoms with Gasteiger partial charge in [-0.05, 0) is 50.6 Å². The molecule has 3 aromatic rings. The number of nitrogens with zero attached hydrogens (tertiary/aromatic N) is 3. The molecule has 1 atom stereocenters. The summed E-state index contributed by atoms with van der Waals surface area (Å²) in [4.78, 5) is 16.9. The second-order valence-electron chi connectivity index (χ2n) is 6.82. The van der Waals surface area contributed by atoms with Crippen molar-refractivity contribution in [1.82, 2.24) is 9.55 Å². The Balaban J connectivity index is 1.76. The van der Waals surface area contributed by atoms with Crippen molar-refractivity contribution in [3.05, 3.63) is 57.9 Å². The molecule has 0 bridgehead atoms. The fraction of sp³-hybridized carbons (Fsp3) is 0.318. The molecule has 0 saturated carbocycles. The number of para-hydroxylation sites is 1. The number of nitriles is 1. The molecular formula is C22H23N3O3S. The van der Waals surface area contributed by atoms with E-state index in [9.17, 15) is 10.1 Å². The summed E-state index contributed by atoms with van der Waals surface area (Å²) in [5, 5.41) is 10.2. The molecule has 0 spiro atoms. The summed E-state index contributed by atoms with van der Waals surface area (Å²) in [6.45, 7) is 6.64. The van der Waals surface area contributed by atoms with Gasteiger partial charge in [0.1, 0.15) is 23.3 Å². The average molecular weight is 410 g/mol. The van der Waals surface area contributed by atoms with Gasteiger partial charge in [0.15, 0.2) is 0 Å². The highest BCUT2D eigenvalue weighted by Crippen LogP contribution is 2.24. The molecule has 7 heteroatoms. The Morgan fingerprint density at radius 3 is 2.83 bits per heavy atom. The summed E-state index contributed by atoms with van der Waals surface area (Å²) in [7, 11) is 1.67. The number of aromatic nitrogens is 2. The average Bonchev–Trinajstić information content (AvgIpc) is 3.24. The maximum Gasteiger partial charge on any atom is 0.349 e. The molecule has 2 heterocycles. The van der Waals surface area contributed by atoms with Crippen molar-refractivity contribution in [2.24, 2.45) is 0 Å². The van der Waals surface area contributed by atoms with Crippen LogP contribution < -0.4 is 0 Å². The van der Waals surface area contributed by atoms with E-state index < -0.39 is 5.97 Å². The van der Waals surface area contributed by atoms with Crippen LogP contribution in [0.4, 0.5) is 0 Å². The van der Waals surface area contributed by atoms with Gasteiger partial charge in [0.2, 0.25) is 0 Å². The Labute approximate surface area is 174 Å². The minimum absolute atomic E-state index is 0.0363. The predicted molar refractivity (Wildman–Crippen MR) is 113 cm³/mol. The van der Waals surface area contributed by atoms with Crippen LogP contribution >= 0.6 is 11.3 Å². The van der Waals surface area contributed by atoms with Gasteiger partial charge in [-0.15, -0.1) is 11.3 Å². The Hall–Kier alpha value is -2.95. The van der Waals surface area contributed by atoms with E-state index in [-0.39, 0.29) is 18.2 Å². The van der Waals surface area contributed by atoms with Crippen LogP contribution in [0.5, 0.6) is 0 Å². The van der Waals surface area contributed by atoms with Gasteiger partial charge in [0.05, 0.1) is 22.9 Å². The number of carbonyl (C=O) groups excluding carboxylic acids is 1. The van der Waals surface area contributed by atoms with Gasteiger partial charge in [-0.2, -0.15) is 5.26 Å². The number of carbonyl (C=O) groups is 1. The van der Waals surface area contributed by atoms with Crippen molar-refractivity contribution in [3.63, 3.8) is 0 Å². The van der Waals surface area contributed by atoms with Crippen LogP contribution in [0.3, 0.4) is 0 Å². The second kappa shape index (κ2) is 9.03. The zero-order chi connectivity index (χ0) is 21.0. The van der Waals surface area contributed by atoms with Crippen LogP contribution in [0, 0.1) is 25.2 Å². The first-order valence-corrected chi connectivity index (χ1v) is 10.1. The van der Waals surface area contributed by atoms with E-state index in [1.165, 1.54) is 11.3 Å². The van der Waals surface area contributed by atoms with Crippen molar-refractivity contribution in [2.75, 3.05) is 13.7 Å². The maximum atomic E-state index is 12.4. The first-order chi connectivity index (χ1) is 13.9. The standard InChI is InChI=1S/C22H23N3O3S/c1-14-9-17(16(3)25(14)15(2)12-27-4)10-18(11-23)22(26)28-13-21-24-19-7-5-6-8-20(19)29-21/h5-10,15H,12-13H2,1-4H3/b18-10+/t15-/m1/s1. The lowest BCUT2D eigenvalue weighted by molar-refractivity contribution is -0.139. The number of hydrogen-bond donors (Lipinski definition) is 0. The van der Waals surface area contributed by atoms with Crippen LogP contribution in [0.1, 0.15) is 34.9 Å². The fourth-order valence-electron chi connectivity index (χ4n) is 3.42. The van der Waals surface area contributed by atoms with Crippen molar-refractivity contribution in [3.8, 4) is 6.07 Å². The molecule has 0 saturated heterocycles. The normalized spacial score (nSPS) is 12.7. The van der Waals surface area contributed by atoms with Crippen LogP contribution in [-0.2, 0) is 20.9 Å². The Kier molecular flexibility index (Phi) is 6.47. The van der Waals surface area contributed by atoms with Gasteiger partial charge in [0.25, 0.3) is 0 Å². The van der Waals surface area contributed by atoms with E-state index in [1.807, 2.05) is 50.2 Å². The zero-order valence-electron chi connectivity index (χ0n) is 16.9. The van der Waals surface area contributed by atoms with E-state index in [2.05, 4.69) is 16.5 Å². The molecule has 0 aliphatic carbocycles. The lowest BCUT2D eigenvalue weighted by atomic mass is 10.1. The van der Waals surface area contributed by atoms with E-state index in [0.717, 1.165) is 27.2 Å². The molecule has 2 aromatic heterocycles. The highest BCUT2D eigenvalue weighted by Gasteiger charge is 2.17. The molecule has 29 heavy (non-hydrogen) atoms. The van der Waals surface area contributed by atoms with Crippen molar-refractivity contribution in [1.29, 1.82) is 5.26 Å². The third-order valence-corrected chi connectivity index (χ3v) is 5.69. The quantitative estimate of drug-likeness (QED) is 0.324. The number of aryl methyl sites for hydroxylation is 1. The molecule has 3 rings (SSSR count). The number of hydrogen-bond acceptors (Lipinski definition) is 6. The molecule has 150 valence electrons. The number of ether oxygens (including phenoxy) is 2. The summed E-state index contributed by atoms with van der Waals surface area (Å²) in [5.74, 6) is -0.651. The molecule has 0 aliphatic heterocycles. The number of esters is 1. The van der Waals surface area contributed by atoms with Crippen LogP contribution in [0.25, 0.3) is 16.3 Å². The number of benzene rings is 1. The van der Waals surface area contributed by atoms with E-state index in [1.54, 1.807) is 13.2 Å². The van der Waals surface area contributed by atoms with E-state index in [0.29, 0.717) is 11.6 Å². The number of methoxy groups -OCH3 is 1. The zero-order valence-corrected chi connectivity index (χ0v) is 17.7. The number of thiazole rings is 1. The summed E-state index contributed by atoms with van der Waals surface area (Å²) in [6.07, 6.45) is 1.58. The Morgan fingerprint density at radius 1 is 1.38 bits per heavy atom. The molecule has 0 N–H and O–H groups in total. The smallest absolute Gasteiger partial charge is 0.349 e. The minimum Gasteiger partial charge on any atom is -0.454 e. The molecule has 0 fully saturated rings. The highest BCUT2D eigenvalue weighted by atomic mass is 32.1. The van der Waals surface area contributed by atoms with Gasteiger partial charge in [0, 0.05) is 18.5 Å².